The summed E-state index contributed by atoms with van der Waals surface area (Å²) in [5.41, 5.74) is 5.77. The van der Waals surface area contributed by atoms with Gasteiger partial charge < -0.3 is 15.5 Å². The zero-order valence-corrected chi connectivity index (χ0v) is 15.2. The number of anilines is 3. The summed E-state index contributed by atoms with van der Waals surface area (Å²) in [6.07, 6.45) is 3.95. The van der Waals surface area contributed by atoms with Gasteiger partial charge in [-0.3, -0.25) is 0 Å². The highest BCUT2D eigenvalue weighted by molar-refractivity contribution is 7.80. The quantitative estimate of drug-likeness (QED) is 0.761. The Balaban J connectivity index is 1.61. The Hall–Kier alpha value is -2.07. The van der Waals surface area contributed by atoms with E-state index in [0.29, 0.717) is 5.11 Å². The van der Waals surface area contributed by atoms with Crippen molar-refractivity contribution in [3.63, 3.8) is 0 Å². The molecule has 0 aliphatic carbocycles. The molecule has 3 rings (SSSR count). The van der Waals surface area contributed by atoms with Crippen LogP contribution in [0.25, 0.3) is 0 Å². The van der Waals surface area contributed by atoms with Crippen LogP contribution in [0.15, 0.2) is 42.5 Å². The van der Waals surface area contributed by atoms with Crippen molar-refractivity contribution in [1.82, 2.24) is 0 Å². The molecule has 2 aromatic carbocycles. The average Bonchev–Trinajstić information content (AvgIpc) is 2.59. The van der Waals surface area contributed by atoms with E-state index in [-0.39, 0.29) is 0 Å². The van der Waals surface area contributed by atoms with Gasteiger partial charge in [0.1, 0.15) is 0 Å². The molecule has 0 atom stereocenters. The van der Waals surface area contributed by atoms with Crippen molar-refractivity contribution in [3.05, 3.63) is 53.6 Å². The molecular weight excluding hydrogens is 314 g/mol. The van der Waals surface area contributed by atoms with E-state index in [9.17, 15) is 0 Å². The van der Waals surface area contributed by atoms with Crippen LogP contribution in [0.4, 0.5) is 17.1 Å². The third kappa shape index (κ3) is 4.26. The second kappa shape index (κ2) is 7.67. The molecule has 0 saturated carbocycles. The first-order valence-electron chi connectivity index (χ1n) is 8.62. The van der Waals surface area contributed by atoms with E-state index in [4.69, 9.17) is 12.2 Å². The minimum absolute atomic E-state index is 0.620. The van der Waals surface area contributed by atoms with Crippen LogP contribution in [0.5, 0.6) is 0 Å². The van der Waals surface area contributed by atoms with Crippen LogP contribution in [0.3, 0.4) is 0 Å². The smallest absolute Gasteiger partial charge is 0.175 e. The summed E-state index contributed by atoms with van der Waals surface area (Å²) >= 11 is 5.45. The summed E-state index contributed by atoms with van der Waals surface area (Å²) in [6.45, 7) is 6.50. The zero-order valence-electron chi connectivity index (χ0n) is 14.4. The molecular formula is C20H25N3S. The Bertz CT molecular complexity index is 703. The molecule has 0 unspecified atom stereocenters. The van der Waals surface area contributed by atoms with Crippen molar-refractivity contribution in [2.75, 3.05) is 28.6 Å². The summed E-state index contributed by atoms with van der Waals surface area (Å²) in [6, 6.07) is 14.9. The van der Waals surface area contributed by atoms with Crippen LogP contribution in [0.1, 0.15) is 30.4 Å². The fourth-order valence-corrected chi connectivity index (χ4v) is 3.29. The second-order valence-electron chi connectivity index (χ2n) is 6.49. The van der Waals surface area contributed by atoms with Crippen LogP contribution in [-0.4, -0.2) is 18.2 Å². The van der Waals surface area contributed by atoms with Crippen molar-refractivity contribution < 1.29 is 0 Å². The Labute approximate surface area is 150 Å². The normalized spacial score (nSPS) is 14.3. The van der Waals surface area contributed by atoms with E-state index >= 15 is 0 Å². The number of benzene rings is 2. The lowest BCUT2D eigenvalue weighted by Crippen LogP contribution is -2.29. The van der Waals surface area contributed by atoms with E-state index in [0.717, 1.165) is 11.4 Å². The first kappa shape index (κ1) is 16.8. The summed E-state index contributed by atoms with van der Waals surface area (Å²) in [4.78, 5) is 2.46. The number of piperidine rings is 1. The summed E-state index contributed by atoms with van der Waals surface area (Å²) < 4.78 is 0. The number of nitrogens with one attached hydrogen (secondary N) is 2. The van der Waals surface area contributed by atoms with Crippen LogP contribution in [-0.2, 0) is 0 Å². The van der Waals surface area contributed by atoms with Crippen molar-refractivity contribution in [2.45, 2.75) is 33.1 Å². The van der Waals surface area contributed by atoms with Crippen molar-refractivity contribution in [2.24, 2.45) is 0 Å². The number of hydrogen-bond acceptors (Lipinski definition) is 2. The molecule has 1 aliphatic heterocycles. The van der Waals surface area contributed by atoms with Gasteiger partial charge in [0, 0.05) is 30.2 Å². The summed E-state index contributed by atoms with van der Waals surface area (Å²) in [5, 5.41) is 7.18. The van der Waals surface area contributed by atoms with Crippen LogP contribution >= 0.6 is 12.2 Å². The Morgan fingerprint density at radius 3 is 2.33 bits per heavy atom. The zero-order chi connectivity index (χ0) is 16.9. The molecule has 1 fully saturated rings. The molecule has 1 saturated heterocycles. The summed E-state index contributed by atoms with van der Waals surface area (Å²) in [5.74, 6) is 0. The highest BCUT2D eigenvalue weighted by atomic mass is 32.1. The fraction of sp³-hybridized carbons (Fsp3) is 0.350. The standard InChI is InChI=1S/C20H25N3S/c1-15-6-7-16(2)19(14-15)22-20(24)21-17-8-10-18(11-9-17)23-12-4-3-5-13-23/h6-11,14H,3-5,12-13H2,1-2H3,(H2,21,22,24). The second-order valence-corrected chi connectivity index (χ2v) is 6.90. The number of hydrogen-bond donors (Lipinski definition) is 2. The molecule has 3 nitrogen and oxygen atoms in total. The van der Waals surface area contributed by atoms with Gasteiger partial charge in [0.05, 0.1) is 0 Å². The van der Waals surface area contributed by atoms with Gasteiger partial charge in [0.2, 0.25) is 0 Å². The van der Waals surface area contributed by atoms with E-state index in [2.05, 4.69) is 71.8 Å². The first-order chi connectivity index (χ1) is 11.6. The lowest BCUT2D eigenvalue weighted by molar-refractivity contribution is 0.578. The molecule has 2 aromatic rings. The lowest BCUT2D eigenvalue weighted by atomic mass is 10.1. The maximum Gasteiger partial charge on any atom is 0.175 e. The monoisotopic (exact) mass is 339 g/mol. The molecule has 1 heterocycles. The lowest BCUT2D eigenvalue weighted by Gasteiger charge is -2.28. The highest BCUT2D eigenvalue weighted by Gasteiger charge is 2.10. The minimum Gasteiger partial charge on any atom is -0.372 e. The highest BCUT2D eigenvalue weighted by Crippen LogP contribution is 2.22. The van der Waals surface area contributed by atoms with Gasteiger partial charge in [-0.1, -0.05) is 12.1 Å². The molecule has 24 heavy (non-hydrogen) atoms. The number of aryl methyl sites for hydroxylation is 2. The van der Waals surface area contributed by atoms with Gasteiger partial charge in [-0.2, -0.15) is 0 Å². The maximum atomic E-state index is 5.45. The van der Waals surface area contributed by atoms with E-state index in [1.165, 1.54) is 49.2 Å². The minimum atomic E-state index is 0.620. The predicted molar refractivity (Wildman–Crippen MR) is 108 cm³/mol. The van der Waals surface area contributed by atoms with Gasteiger partial charge in [0.25, 0.3) is 0 Å². The molecule has 0 spiro atoms. The number of thiocarbonyl (C=S) groups is 1. The molecule has 0 bridgehead atoms. The third-order valence-electron chi connectivity index (χ3n) is 4.49. The van der Waals surface area contributed by atoms with Crippen LogP contribution in [0, 0.1) is 13.8 Å². The van der Waals surface area contributed by atoms with Gasteiger partial charge in [-0.25, -0.2) is 0 Å². The molecule has 0 aromatic heterocycles. The Morgan fingerprint density at radius 1 is 0.917 bits per heavy atom. The van der Waals surface area contributed by atoms with Gasteiger partial charge in [-0.15, -0.1) is 0 Å². The van der Waals surface area contributed by atoms with Gasteiger partial charge in [0.15, 0.2) is 5.11 Å². The largest absolute Gasteiger partial charge is 0.372 e. The van der Waals surface area contributed by atoms with Crippen molar-refractivity contribution >= 4 is 34.4 Å². The van der Waals surface area contributed by atoms with Gasteiger partial charge in [-0.05, 0) is 86.8 Å². The predicted octanol–water partition coefficient (Wildman–Crippen LogP) is 5.10. The van der Waals surface area contributed by atoms with Crippen molar-refractivity contribution in [3.8, 4) is 0 Å². The van der Waals surface area contributed by atoms with Crippen molar-refractivity contribution in [1.29, 1.82) is 0 Å². The topological polar surface area (TPSA) is 27.3 Å². The van der Waals surface area contributed by atoms with E-state index < -0.39 is 0 Å². The number of nitrogens with zero attached hydrogens (tertiary/aromatic N) is 1. The van der Waals surface area contributed by atoms with Crippen LogP contribution < -0.4 is 15.5 Å². The van der Waals surface area contributed by atoms with Crippen LogP contribution in [0.2, 0.25) is 0 Å². The Kier molecular flexibility index (Phi) is 5.36. The molecule has 0 amide bonds. The molecule has 2 N–H and O–H groups in total. The number of rotatable bonds is 3. The SMILES string of the molecule is Cc1ccc(C)c(NC(=S)Nc2ccc(N3CCCCC3)cc2)c1. The van der Waals surface area contributed by atoms with Gasteiger partial charge >= 0.3 is 0 Å². The molecule has 1 aliphatic rings. The molecule has 0 radical (unpaired) electrons. The molecule has 4 heteroatoms. The average molecular weight is 340 g/mol. The Morgan fingerprint density at radius 2 is 1.62 bits per heavy atom. The third-order valence-corrected chi connectivity index (χ3v) is 4.69. The molecule has 126 valence electrons. The maximum absolute atomic E-state index is 5.45. The fourth-order valence-electron chi connectivity index (χ4n) is 3.06. The van der Waals surface area contributed by atoms with E-state index in [1.54, 1.807) is 0 Å². The summed E-state index contributed by atoms with van der Waals surface area (Å²) in [7, 11) is 0. The first-order valence-corrected chi connectivity index (χ1v) is 9.03. The van der Waals surface area contributed by atoms with E-state index in [1.807, 2.05) is 0 Å².